The van der Waals surface area contributed by atoms with Gasteiger partial charge in [-0.3, -0.25) is 4.90 Å². The third kappa shape index (κ3) is 1.86. The van der Waals surface area contributed by atoms with Crippen LogP contribution >= 0.6 is 0 Å². The second-order valence-electron chi connectivity index (χ2n) is 5.37. The van der Waals surface area contributed by atoms with Gasteiger partial charge in [-0.05, 0) is 12.8 Å². The fraction of sp³-hybridized carbons (Fsp3) is 0.750. The summed E-state index contributed by atoms with van der Waals surface area (Å²) in [6.45, 7) is 0.857. The second-order valence-corrected chi connectivity index (χ2v) is 5.37. The fourth-order valence-corrected chi connectivity index (χ4v) is 3.09. The zero-order valence-electron chi connectivity index (χ0n) is 11.2. The molecule has 0 bridgehead atoms. The lowest BCUT2D eigenvalue weighted by molar-refractivity contribution is -0.149. The van der Waals surface area contributed by atoms with Crippen LogP contribution in [0.1, 0.15) is 12.8 Å². The number of fused-ring (bicyclic) bond motifs is 1. The maximum atomic E-state index is 12.3. The number of hydrogen-bond acceptors (Lipinski definition) is 4. The van der Waals surface area contributed by atoms with E-state index in [0.717, 1.165) is 17.7 Å². The van der Waals surface area contributed by atoms with Crippen molar-refractivity contribution >= 4 is 18.1 Å². The smallest absolute Gasteiger partial charge is 0.408 e. The van der Waals surface area contributed by atoms with Gasteiger partial charge in [-0.1, -0.05) is 0 Å². The number of carboxylic acid groups (broad SMARTS) is 1. The first-order valence-corrected chi connectivity index (χ1v) is 6.69. The molecule has 3 fully saturated rings. The van der Waals surface area contributed by atoms with Crippen molar-refractivity contribution < 1.29 is 24.2 Å². The Morgan fingerprint density at radius 2 is 1.95 bits per heavy atom. The van der Waals surface area contributed by atoms with Crippen molar-refractivity contribution in [1.82, 2.24) is 14.7 Å². The molecule has 2 atom stereocenters. The summed E-state index contributed by atoms with van der Waals surface area (Å²) in [5, 5.41) is 9.23. The molecular weight excluding hydrogens is 266 g/mol. The summed E-state index contributed by atoms with van der Waals surface area (Å²) < 4.78 is 4.72. The molecule has 8 heteroatoms. The summed E-state index contributed by atoms with van der Waals surface area (Å²) in [4.78, 5) is 40.0. The number of hydrogen-bond donors (Lipinski definition) is 1. The number of ether oxygens (including phenoxy) is 1. The molecule has 0 aromatic heterocycles. The van der Waals surface area contributed by atoms with E-state index in [-0.39, 0.29) is 18.6 Å². The number of piperazine rings is 1. The topological polar surface area (TPSA) is 90.4 Å². The highest BCUT2D eigenvalue weighted by Crippen LogP contribution is 2.35. The molecule has 8 nitrogen and oxygen atoms in total. The van der Waals surface area contributed by atoms with Gasteiger partial charge in [-0.25, -0.2) is 14.4 Å². The monoisotopic (exact) mass is 283 g/mol. The number of carbonyl (C=O) groups is 3. The van der Waals surface area contributed by atoms with Gasteiger partial charge in [-0.2, -0.15) is 0 Å². The van der Waals surface area contributed by atoms with Gasteiger partial charge in [0.1, 0.15) is 0 Å². The van der Waals surface area contributed by atoms with E-state index in [1.165, 1.54) is 7.11 Å². The Balaban J connectivity index is 1.87. The minimum Gasteiger partial charge on any atom is -0.467 e. The molecule has 3 rings (SSSR count). The van der Waals surface area contributed by atoms with Crippen LogP contribution < -0.4 is 0 Å². The lowest BCUT2D eigenvalue weighted by Crippen LogP contribution is -2.63. The third-order valence-electron chi connectivity index (χ3n) is 4.23. The molecule has 0 spiro atoms. The molecular formula is C12H17N3O5. The quantitative estimate of drug-likeness (QED) is 0.708. The van der Waals surface area contributed by atoms with Crippen molar-refractivity contribution in [2.75, 3.05) is 26.7 Å². The Morgan fingerprint density at radius 1 is 1.25 bits per heavy atom. The molecule has 0 aromatic rings. The van der Waals surface area contributed by atoms with Crippen LogP contribution in [0.25, 0.3) is 0 Å². The van der Waals surface area contributed by atoms with Crippen molar-refractivity contribution in [3.05, 3.63) is 0 Å². The van der Waals surface area contributed by atoms with Crippen LogP contribution in [0, 0.1) is 0 Å². The second kappa shape index (κ2) is 4.53. The molecule has 2 aliphatic heterocycles. The first kappa shape index (κ1) is 13.0. The standard InChI is InChI=1S/C12H17N3O5/c1-20-10(16)9-8-6-15(7-2-3-7)11(17)13(8)4-5-14(9)12(18)19/h7-9H,2-6H2,1H3,(H,18,19)/t8-,9+/m0/s1. The van der Waals surface area contributed by atoms with Gasteiger partial charge >= 0.3 is 18.1 Å². The highest BCUT2D eigenvalue weighted by Gasteiger charge is 2.53. The van der Waals surface area contributed by atoms with Crippen molar-refractivity contribution in [1.29, 1.82) is 0 Å². The molecule has 1 saturated carbocycles. The third-order valence-corrected chi connectivity index (χ3v) is 4.23. The summed E-state index contributed by atoms with van der Waals surface area (Å²) in [6.07, 6.45) is 0.813. The van der Waals surface area contributed by atoms with Crippen LogP contribution in [-0.4, -0.2) is 82.8 Å². The molecule has 3 amide bonds. The van der Waals surface area contributed by atoms with Gasteiger partial charge < -0.3 is 19.6 Å². The SMILES string of the molecule is COC(=O)[C@H]1[C@@H]2CN(C3CC3)C(=O)N2CCN1C(=O)O. The number of amides is 3. The summed E-state index contributed by atoms with van der Waals surface area (Å²) in [7, 11) is 1.23. The van der Waals surface area contributed by atoms with E-state index < -0.39 is 24.1 Å². The number of nitrogens with zero attached hydrogens (tertiary/aromatic N) is 3. The number of esters is 1. The van der Waals surface area contributed by atoms with Crippen LogP contribution in [0.2, 0.25) is 0 Å². The molecule has 0 aromatic carbocycles. The summed E-state index contributed by atoms with van der Waals surface area (Å²) in [6, 6.07) is -1.21. The predicted octanol–water partition coefficient (Wildman–Crippen LogP) is -0.210. The highest BCUT2D eigenvalue weighted by molar-refractivity contribution is 5.86. The van der Waals surface area contributed by atoms with Gasteiger partial charge in [0.05, 0.1) is 13.2 Å². The van der Waals surface area contributed by atoms with E-state index in [4.69, 9.17) is 4.74 Å². The Labute approximate surface area is 115 Å². The van der Waals surface area contributed by atoms with Gasteiger partial charge in [0.25, 0.3) is 0 Å². The zero-order valence-corrected chi connectivity index (χ0v) is 11.2. The molecule has 2 saturated heterocycles. The first-order valence-electron chi connectivity index (χ1n) is 6.69. The van der Waals surface area contributed by atoms with E-state index >= 15 is 0 Å². The summed E-state index contributed by atoms with van der Waals surface area (Å²) in [5.41, 5.74) is 0. The van der Waals surface area contributed by atoms with Crippen molar-refractivity contribution in [2.45, 2.75) is 31.0 Å². The Bertz CT molecular complexity index is 464. The number of rotatable bonds is 2. The van der Waals surface area contributed by atoms with Crippen LogP contribution in [0.4, 0.5) is 9.59 Å². The lowest BCUT2D eigenvalue weighted by atomic mass is 10.0. The van der Waals surface area contributed by atoms with Crippen LogP contribution in [0.5, 0.6) is 0 Å². The highest BCUT2D eigenvalue weighted by atomic mass is 16.5. The zero-order chi connectivity index (χ0) is 14.4. The van der Waals surface area contributed by atoms with Crippen LogP contribution in [-0.2, 0) is 9.53 Å². The van der Waals surface area contributed by atoms with E-state index in [9.17, 15) is 19.5 Å². The summed E-state index contributed by atoms with van der Waals surface area (Å²) in [5.74, 6) is -0.604. The molecule has 0 radical (unpaired) electrons. The average Bonchev–Trinajstić information content (AvgIpc) is 3.22. The van der Waals surface area contributed by atoms with Crippen molar-refractivity contribution in [3.8, 4) is 0 Å². The fourth-order valence-electron chi connectivity index (χ4n) is 3.09. The molecule has 2 heterocycles. The number of urea groups is 1. The molecule has 110 valence electrons. The lowest BCUT2D eigenvalue weighted by Gasteiger charge is -2.40. The van der Waals surface area contributed by atoms with Crippen LogP contribution in [0.15, 0.2) is 0 Å². The van der Waals surface area contributed by atoms with E-state index in [1.807, 2.05) is 0 Å². The van der Waals surface area contributed by atoms with Gasteiger partial charge in [0.15, 0.2) is 6.04 Å². The van der Waals surface area contributed by atoms with E-state index in [0.29, 0.717) is 13.1 Å². The Hall–Kier alpha value is -1.99. The Morgan fingerprint density at radius 3 is 2.50 bits per heavy atom. The van der Waals surface area contributed by atoms with Crippen molar-refractivity contribution in [3.63, 3.8) is 0 Å². The molecule has 0 unspecified atom stereocenters. The molecule has 1 aliphatic carbocycles. The van der Waals surface area contributed by atoms with E-state index in [1.54, 1.807) is 9.80 Å². The maximum Gasteiger partial charge on any atom is 0.408 e. The minimum absolute atomic E-state index is 0.0866. The van der Waals surface area contributed by atoms with Crippen LogP contribution in [0.3, 0.4) is 0 Å². The normalized spacial score (nSPS) is 29.4. The maximum absolute atomic E-state index is 12.3. The summed E-state index contributed by atoms with van der Waals surface area (Å²) >= 11 is 0. The van der Waals surface area contributed by atoms with Gasteiger partial charge in [0.2, 0.25) is 0 Å². The average molecular weight is 283 g/mol. The molecule has 1 N–H and O–H groups in total. The van der Waals surface area contributed by atoms with Crippen molar-refractivity contribution in [2.24, 2.45) is 0 Å². The largest absolute Gasteiger partial charge is 0.467 e. The van der Waals surface area contributed by atoms with E-state index in [2.05, 4.69) is 0 Å². The minimum atomic E-state index is -1.16. The Kier molecular flexibility index (Phi) is 2.95. The number of methoxy groups -OCH3 is 1. The van der Waals surface area contributed by atoms with Gasteiger partial charge in [0, 0.05) is 25.7 Å². The molecule has 20 heavy (non-hydrogen) atoms. The predicted molar refractivity (Wildman–Crippen MR) is 66.2 cm³/mol. The van der Waals surface area contributed by atoms with Gasteiger partial charge in [-0.15, -0.1) is 0 Å². The molecule has 3 aliphatic rings. The first-order chi connectivity index (χ1) is 9.54. The number of carbonyl (C=O) groups excluding carboxylic acids is 2.